The maximum Gasteiger partial charge on any atom is 0.145 e. The summed E-state index contributed by atoms with van der Waals surface area (Å²) < 4.78 is 0. The van der Waals surface area contributed by atoms with Crippen molar-refractivity contribution in [1.29, 1.82) is 0 Å². The van der Waals surface area contributed by atoms with Crippen LogP contribution in [0.25, 0.3) is 11.0 Å². The molecule has 1 atom stereocenters. The molecule has 3 heteroatoms. The Bertz CT molecular complexity index is 528. The molecule has 1 aromatic heterocycles. The van der Waals surface area contributed by atoms with Gasteiger partial charge in [0.05, 0.1) is 17.2 Å². The SMILES string of the molecule is CC(CNc1cnc2ccccc2n1)C(C)(C)C. The van der Waals surface area contributed by atoms with Gasteiger partial charge in [-0.15, -0.1) is 0 Å². The van der Waals surface area contributed by atoms with E-state index in [0.29, 0.717) is 11.3 Å². The van der Waals surface area contributed by atoms with Gasteiger partial charge in [0, 0.05) is 6.54 Å². The van der Waals surface area contributed by atoms with Crippen molar-refractivity contribution in [2.24, 2.45) is 11.3 Å². The van der Waals surface area contributed by atoms with Crippen LogP contribution >= 0.6 is 0 Å². The molecule has 96 valence electrons. The first-order chi connectivity index (χ1) is 8.47. The van der Waals surface area contributed by atoms with Crippen molar-refractivity contribution in [3.05, 3.63) is 30.5 Å². The van der Waals surface area contributed by atoms with Crippen LogP contribution in [0.2, 0.25) is 0 Å². The highest BCUT2D eigenvalue weighted by Crippen LogP contribution is 2.25. The number of fused-ring (bicyclic) bond motifs is 1. The van der Waals surface area contributed by atoms with Gasteiger partial charge >= 0.3 is 0 Å². The zero-order valence-corrected chi connectivity index (χ0v) is 11.6. The molecule has 0 amide bonds. The molecule has 1 unspecified atom stereocenters. The average Bonchev–Trinajstić information content (AvgIpc) is 2.34. The molecule has 1 aromatic carbocycles. The van der Waals surface area contributed by atoms with Gasteiger partial charge in [0.1, 0.15) is 5.82 Å². The number of nitrogens with zero attached hydrogens (tertiary/aromatic N) is 2. The Labute approximate surface area is 109 Å². The summed E-state index contributed by atoms with van der Waals surface area (Å²) in [6.45, 7) is 9.93. The van der Waals surface area contributed by atoms with Gasteiger partial charge in [-0.2, -0.15) is 0 Å². The molecule has 0 bridgehead atoms. The van der Waals surface area contributed by atoms with Crippen LogP contribution in [0.15, 0.2) is 30.5 Å². The Balaban J connectivity index is 2.08. The predicted octanol–water partition coefficient (Wildman–Crippen LogP) is 3.72. The lowest BCUT2D eigenvalue weighted by Gasteiger charge is -2.27. The van der Waals surface area contributed by atoms with Crippen molar-refractivity contribution < 1.29 is 0 Å². The van der Waals surface area contributed by atoms with E-state index in [2.05, 4.69) is 43.0 Å². The van der Waals surface area contributed by atoms with Gasteiger partial charge in [-0.05, 0) is 23.5 Å². The molecule has 1 heterocycles. The summed E-state index contributed by atoms with van der Waals surface area (Å²) >= 11 is 0. The van der Waals surface area contributed by atoms with Crippen LogP contribution in [0.5, 0.6) is 0 Å². The third-order valence-electron chi connectivity index (χ3n) is 3.52. The molecule has 0 saturated heterocycles. The molecule has 0 fully saturated rings. The number of hydrogen-bond donors (Lipinski definition) is 1. The predicted molar refractivity (Wildman–Crippen MR) is 76.6 cm³/mol. The summed E-state index contributed by atoms with van der Waals surface area (Å²) in [7, 11) is 0. The lowest BCUT2D eigenvalue weighted by molar-refractivity contribution is 0.274. The van der Waals surface area contributed by atoms with E-state index in [9.17, 15) is 0 Å². The highest BCUT2D eigenvalue weighted by atomic mass is 15.0. The van der Waals surface area contributed by atoms with Gasteiger partial charge in [-0.3, -0.25) is 4.98 Å². The molecule has 0 aliphatic carbocycles. The van der Waals surface area contributed by atoms with E-state index >= 15 is 0 Å². The maximum absolute atomic E-state index is 4.56. The third kappa shape index (κ3) is 2.97. The first-order valence-electron chi connectivity index (χ1n) is 6.42. The van der Waals surface area contributed by atoms with Crippen LogP contribution in [0.4, 0.5) is 5.82 Å². The largest absolute Gasteiger partial charge is 0.368 e. The Kier molecular flexibility index (Phi) is 3.50. The molecule has 0 aliphatic rings. The Morgan fingerprint density at radius 2 is 1.83 bits per heavy atom. The molecule has 0 aliphatic heterocycles. The third-order valence-corrected chi connectivity index (χ3v) is 3.52. The van der Waals surface area contributed by atoms with Gasteiger partial charge in [-0.25, -0.2) is 4.98 Å². The molecule has 18 heavy (non-hydrogen) atoms. The molecule has 0 radical (unpaired) electrons. The fourth-order valence-corrected chi connectivity index (χ4v) is 1.61. The quantitative estimate of drug-likeness (QED) is 0.892. The monoisotopic (exact) mass is 243 g/mol. The van der Waals surface area contributed by atoms with Gasteiger partial charge in [0.2, 0.25) is 0 Å². The number of rotatable bonds is 3. The number of para-hydroxylation sites is 2. The molecular weight excluding hydrogens is 222 g/mol. The van der Waals surface area contributed by atoms with E-state index in [1.54, 1.807) is 6.20 Å². The van der Waals surface area contributed by atoms with E-state index < -0.39 is 0 Å². The smallest absolute Gasteiger partial charge is 0.145 e. The fraction of sp³-hybridized carbons (Fsp3) is 0.467. The molecule has 0 spiro atoms. The van der Waals surface area contributed by atoms with Crippen LogP contribution in [-0.2, 0) is 0 Å². The van der Waals surface area contributed by atoms with Gasteiger partial charge in [0.15, 0.2) is 0 Å². The molecular formula is C15H21N3. The second-order valence-electron chi connectivity index (χ2n) is 5.89. The normalized spacial score (nSPS) is 13.6. The van der Waals surface area contributed by atoms with Gasteiger partial charge in [0.25, 0.3) is 0 Å². The molecule has 2 aromatic rings. The lowest BCUT2D eigenvalue weighted by atomic mass is 9.82. The molecule has 2 rings (SSSR count). The van der Waals surface area contributed by atoms with Crippen LogP contribution in [0, 0.1) is 11.3 Å². The second kappa shape index (κ2) is 4.92. The van der Waals surface area contributed by atoms with Crippen molar-refractivity contribution in [3.63, 3.8) is 0 Å². The van der Waals surface area contributed by atoms with Crippen LogP contribution < -0.4 is 5.32 Å². The number of aromatic nitrogens is 2. The minimum Gasteiger partial charge on any atom is -0.368 e. The zero-order chi connectivity index (χ0) is 13.2. The summed E-state index contributed by atoms with van der Waals surface area (Å²) in [6, 6.07) is 7.93. The van der Waals surface area contributed by atoms with Crippen molar-refractivity contribution >= 4 is 16.9 Å². The van der Waals surface area contributed by atoms with Crippen LogP contribution in [0.3, 0.4) is 0 Å². The maximum atomic E-state index is 4.56. The van der Waals surface area contributed by atoms with E-state index in [4.69, 9.17) is 0 Å². The number of nitrogens with one attached hydrogen (secondary N) is 1. The van der Waals surface area contributed by atoms with Crippen LogP contribution in [-0.4, -0.2) is 16.5 Å². The van der Waals surface area contributed by atoms with Gasteiger partial charge in [-0.1, -0.05) is 39.8 Å². The van der Waals surface area contributed by atoms with E-state index in [1.807, 2.05) is 24.3 Å². The van der Waals surface area contributed by atoms with E-state index in [-0.39, 0.29) is 0 Å². The summed E-state index contributed by atoms with van der Waals surface area (Å²) in [5.74, 6) is 1.43. The Morgan fingerprint density at radius 1 is 1.17 bits per heavy atom. The number of anilines is 1. The van der Waals surface area contributed by atoms with Crippen LogP contribution in [0.1, 0.15) is 27.7 Å². The zero-order valence-electron chi connectivity index (χ0n) is 11.6. The fourth-order valence-electron chi connectivity index (χ4n) is 1.61. The topological polar surface area (TPSA) is 37.8 Å². The summed E-state index contributed by atoms with van der Waals surface area (Å²) in [6.07, 6.45) is 1.80. The van der Waals surface area contributed by atoms with Crippen molar-refractivity contribution in [2.45, 2.75) is 27.7 Å². The summed E-state index contributed by atoms with van der Waals surface area (Å²) in [4.78, 5) is 8.95. The molecule has 3 nitrogen and oxygen atoms in total. The summed E-state index contributed by atoms with van der Waals surface area (Å²) in [5, 5.41) is 3.37. The highest BCUT2D eigenvalue weighted by molar-refractivity contribution is 5.75. The molecule has 1 N–H and O–H groups in total. The standard InChI is InChI=1S/C15H21N3/c1-11(15(2,3)4)9-17-14-10-16-12-7-5-6-8-13(12)18-14/h5-8,10-11H,9H2,1-4H3,(H,17,18). The molecule has 0 saturated carbocycles. The average molecular weight is 243 g/mol. The second-order valence-corrected chi connectivity index (χ2v) is 5.89. The van der Waals surface area contributed by atoms with E-state index in [0.717, 1.165) is 23.4 Å². The van der Waals surface area contributed by atoms with Crippen molar-refractivity contribution in [2.75, 3.05) is 11.9 Å². The first kappa shape index (κ1) is 12.8. The Morgan fingerprint density at radius 3 is 2.50 bits per heavy atom. The highest BCUT2D eigenvalue weighted by Gasteiger charge is 2.19. The van der Waals surface area contributed by atoms with E-state index in [1.165, 1.54) is 0 Å². The number of benzene rings is 1. The Hall–Kier alpha value is -1.64. The minimum absolute atomic E-state index is 0.303. The van der Waals surface area contributed by atoms with Crippen molar-refractivity contribution in [3.8, 4) is 0 Å². The summed E-state index contributed by atoms with van der Waals surface area (Å²) in [5.41, 5.74) is 2.18. The number of hydrogen-bond acceptors (Lipinski definition) is 3. The first-order valence-corrected chi connectivity index (χ1v) is 6.42. The lowest BCUT2D eigenvalue weighted by Crippen LogP contribution is -2.25. The van der Waals surface area contributed by atoms with Crippen molar-refractivity contribution in [1.82, 2.24) is 9.97 Å². The van der Waals surface area contributed by atoms with Gasteiger partial charge < -0.3 is 5.32 Å². The minimum atomic E-state index is 0.303.